The van der Waals surface area contributed by atoms with Crippen molar-refractivity contribution in [3.05, 3.63) is 35.7 Å². The average molecular weight is 344 g/mol. The summed E-state index contributed by atoms with van der Waals surface area (Å²) in [5.74, 6) is 0.0441. The summed E-state index contributed by atoms with van der Waals surface area (Å²) in [5, 5.41) is 2.87. The Kier molecular flexibility index (Phi) is 5.19. The Hall–Kier alpha value is -2.16. The molecule has 0 aliphatic carbocycles. The molecule has 2 aromatic rings. The van der Waals surface area contributed by atoms with Crippen LogP contribution in [0.5, 0.6) is 0 Å². The fourth-order valence-electron chi connectivity index (χ4n) is 1.93. The van der Waals surface area contributed by atoms with Crippen LogP contribution in [-0.4, -0.2) is 28.4 Å². The van der Waals surface area contributed by atoms with Crippen molar-refractivity contribution in [1.82, 2.24) is 9.36 Å². The number of anilines is 2. The second-order valence-corrected chi connectivity index (χ2v) is 5.46. The highest BCUT2D eigenvalue weighted by Crippen LogP contribution is 2.34. The molecule has 1 heterocycles. The quantitative estimate of drug-likeness (QED) is 0.904. The minimum absolute atomic E-state index is 0.0999. The average Bonchev–Trinajstić information content (AvgIpc) is 2.90. The number of amides is 1. The summed E-state index contributed by atoms with van der Waals surface area (Å²) >= 11 is 1.14. The van der Waals surface area contributed by atoms with Gasteiger partial charge in [0.1, 0.15) is 5.82 Å². The molecular formula is C14H15F3N4OS. The summed E-state index contributed by atoms with van der Waals surface area (Å²) in [5.41, 5.74) is -1.13. The van der Waals surface area contributed by atoms with Gasteiger partial charge in [0.2, 0.25) is 11.0 Å². The van der Waals surface area contributed by atoms with Crippen LogP contribution in [0.4, 0.5) is 24.0 Å². The van der Waals surface area contributed by atoms with E-state index in [0.717, 1.165) is 17.6 Å². The maximum absolute atomic E-state index is 12.9. The third-order valence-corrected chi connectivity index (χ3v) is 3.88. The molecule has 0 unspecified atom stereocenters. The Bertz CT molecular complexity index is 687. The van der Waals surface area contributed by atoms with Gasteiger partial charge in [-0.2, -0.15) is 17.5 Å². The van der Waals surface area contributed by atoms with Crippen molar-refractivity contribution in [3.8, 4) is 0 Å². The molecule has 0 bridgehead atoms. The first-order valence-electron chi connectivity index (χ1n) is 6.82. The highest BCUT2D eigenvalue weighted by Gasteiger charge is 2.33. The maximum Gasteiger partial charge on any atom is 0.418 e. The van der Waals surface area contributed by atoms with Gasteiger partial charge < -0.3 is 10.2 Å². The van der Waals surface area contributed by atoms with Crippen molar-refractivity contribution in [2.24, 2.45) is 0 Å². The number of halogens is 3. The molecule has 1 aromatic carbocycles. The first kappa shape index (κ1) is 17.2. The SMILES string of the molecule is CCN(CC(=O)Nc1ccccc1C(F)(F)F)c1nc(C)ns1. The fourth-order valence-corrected chi connectivity index (χ4v) is 2.67. The lowest BCUT2D eigenvalue weighted by atomic mass is 10.1. The molecule has 1 amide bonds. The van der Waals surface area contributed by atoms with Crippen LogP contribution in [0.3, 0.4) is 0 Å². The maximum atomic E-state index is 12.9. The zero-order valence-corrected chi connectivity index (χ0v) is 13.3. The number of aromatic nitrogens is 2. The van der Waals surface area contributed by atoms with Gasteiger partial charge in [-0.05, 0) is 26.0 Å². The van der Waals surface area contributed by atoms with Crippen LogP contribution >= 0.6 is 11.5 Å². The Balaban J connectivity index is 2.11. The molecule has 23 heavy (non-hydrogen) atoms. The first-order valence-corrected chi connectivity index (χ1v) is 7.60. The van der Waals surface area contributed by atoms with Gasteiger partial charge in [0, 0.05) is 18.1 Å². The number of aryl methyl sites for hydroxylation is 1. The number of rotatable bonds is 5. The predicted molar refractivity (Wildman–Crippen MR) is 82.6 cm³/mol. The van der Waals surface area contributed by atoms with E-state index in [1.165, 1.54) is 18.2 Å². The van der Waals surface area contributed by atoms with E-state index in [4.69, 9.17) is 0 Å². The summed E-state index contributed by atoms with van der Waals surface area (Å²) in [6.07, 6.45) is -4.52. The summed E-state index contributed by atoms with van der Waals surface area (Å²) in [4.78, 5) is 17.9. The van der Waals surface area contributed by atoms with Crippen molar-refractivity contribution in [1.29, 1.82) is 0 Å². The van der Waals surface area contributed by atoms with E-state index in [1.807, 2.05) is 6.92 Å². The first-order chi connectivity index (χ1) is 10.8. The van der Waals surface area contributed by atoms with Crippen molar-refractivity contribution in [2.45, 2.75) is 20.0 Å². The third kappa shape index (κ3) is 4.41. The lowest BCUT2D eigenvalue weighted by Crippen LogP contribution is -2.33. The van der Waals surface area contributed by atoms with Gasteiger partial charge in [-0.1, -0.05) is 12.1 Å². The summed E-state index contributed by atoms with van der Waals surface area (Å²) < 4.78 is 42.8. The highest BCUT2D eigenvalue weighted by molar-refractivity contribution is 7.09. The van der Waals surface area contributed by atoms with Crippen LogP contribution in [0.25, 0.3) is 0 Å². The largest absolute Gasteiger partial charge is 0.418 e. The molecule has 1 N–H and O–H groups in total. The smallest absolute Gasteiger partial charge is 0.338 e. The second kappa shape index (κ2) is 6.95. The van der Waals surface area contributed by atoms with Crippen LogP contribution in [0.2, 0.25) is 0 Å². The molecular weight excluding hydrogens is 329 g/mol. The Morgan fingerprint density at radius 1 is 1.35 bits per heavy atom. The van der Waals surface area contributed by atoms with E-state index in [-0.39, 0.29) is 12.2 Å². The van der Waals surface area contributed by atoms with Gasteiger partial charge in [-0.25, -0.2) is 4.98 Å². The molecule has 0 fully saturated rings. The van der Waals surface area contributed by atoms with Crippen LogP contribution in [0, 0.1) is 6.92 Å². The van der Waals surface area contributed by atoms with Crippen LogP contribution < -0.4 is 10.2 Å². The number of carbonyl (C=O) groups is 1. The molecule has 0 spiro atoms. The number of carbonyl (C=O) groups excluding carboxylic acids is 1. The predicted octanol–water partition coefficient (Wildman–Crippen LogP) is 3.33. The minimum atomic E-state index is -4.52. The molecule has 0 aliphatic rings. The van der Waals surface area contributed by atoms with Crippen molar-refractivity contribution in [3.63, 3.8) is 0 Å². The molecule has 0 atom stereocenters. The summed E-state index contributed by atoms with van der Waals surface area (Å²) in [6.45, 7) is 3.95. The number of nitrogens with zero attached hydrogens (tertiary/aromatic N) is 3. The highest BCUT2D eigenvalue weighted by atomic mass is 32.1. The van der Waals surface area contributed by atoms with Crippen LogP contribution in [0.15, 0.2) is 24.3 Å². The number of likely N-dealkylation sites (N-methyl/N-ethyl adjacent to an activating group) is 1. The lowest BCUT2D eigenvalue weighted by Gasteiger charge is -2.19. The fraction of sp³-hybridized carbons (Fsp3) is 0.357. The molecule has 0 aliphatic heterocycles. The number of hydrogen-bond donors (Lipinski definition) is 1. The normalized spacial score (nSPS) is 11.3. The van der Waals surface area contributed by atoms with E-state index < -0.39 is 17.6 Å². The van der Waals surface area contributed by atoms with E-state index in [9.17, 15) is 18.0 Å². The number of hydrogen-bond acceptors (Lipinski definition) is 5. The molecule has 0 radical (unpaired) electrons. The number of nitrogens with one attached hydrogen (secondary N) is 1. The molecule has 0 saturated heterocycles. The second-order valence-electron chi connectivity index (χ2n) is 4.73. The third-order valence-electron chi connectivity index (χ3n) is 3.01. The van der Waals surface area contributed by atoms with E-state index >= 15 is 0 Å². The van der Waals surface area contributed by atoms with Gasteiger partial charge >= 0.3 is 6.18 Å². The Morgan fingerprint density at radius 2 is 2.04 bits per heavy atom. The van der Waals surface area contributed by atoms with Crippen LogP contribution in [-0.2, 0) is 11.0 Å². The van der Waals surface area contributed by atoms with Gasteiger partial charge in [-0.3, -0.25) is 4.79 Å². The summed E-state index contributed by atoms with van der Waals surface area (Å²) in [7, 11) is 0. The monoisotopic (exact) mass is 344 g/mol. The van der Waals surface area contributed by atoms with Gasteiger partial charge in [0.05, 0.1) is 17.8 Å². The summed E-state index contributed by atoms with van der Waals surface area (Å²) in [6, 6.07) is 4.88. The van der Waals surface area contributed by atoms with Crippen molar-refractivity contribution in [2.75, 3.05) is 23.3 Å². The lowest BCUT2D eigenvalue weighted by molar-refractivity contribution is -0.137. The molecule has 2 rings (SSSR count). The van der Waals surface area contributed by atoms with Gasteiger partial charge in [0.15, 0.2) is 0 Å². The van der Waals surface area contributed by atoms with E-state index in [0.29, 0.717) is 17.5 Å². The number of benzene rings is 1. The van der Waals surface area contributed by atoms with Gasteiger partial charge in [-0.15, -0.1) is 0 Å². The number of para-hydroxylation sites is 1. The zero-order chi connectivity index (χ0) is 17.0. The standard InChI is InChI=1S/C14H15F3N4OS/c1-3-21(13-18-9(2)20-23-13)8-12(22)19-11-7-5-4-6-10(11)14(15,16)17/h4-7H,3,8H2,1-2H3,(H,19,22). The van der Waals surface area contributed by atoms with Crippen molar-refractivity contribution >= 4 is 28.3 Å². The molecule has 5 nitrogen and oxygen atoms in total. The zero-order valence-electron chi connectivity index (χ0n) is 12.5. The number of alkyl halides is 3. The molecule has 124 valence electrons. The van der Waals surface area contributed by atoms with E-state index in [2.05, 4.69) is 14.7 Å². The molecule has 0 saturated carbocycles. The van der Waals surface area contributed by atoms with Crippen LogP contribution in [0.1, 0.15) is 18.3 Å². The van der Waals surface area contributed by atoms with Crippen molar-refractivity contribution < 1.29 is 18.0 Å². The van der Waals surface area contributed by atoms with E-state index in [1.54, 1.807) is 11.8 Å². The Labute approximate surface area is 135 Å². The minimum Gasteiger partial charge on any atom is -0.338 e. The molecule has 9 heteroatoms. The van der Waals surface area contributed by atoms with Gasteiger partial charge in [0.25, 0.3) is 0 Å². The molecule has 1 aromatic heterocycles. The topological polar surface area (TPSA) is 58.1 Å². The Morgan fingerprint density at radius 3 is 2.61 bits per heavy atom.